The number of ether oxygens (including phenoxy) is 1. The van der Waals surface area contributed by atoms with Crippen LogP contribution in [0.5, 0.6) is 11.5 Å². The van der Waals surface area contributed by atoms with Gasteiger partial charge in [0.1, 0.15) is 17.1 Å². The zero-order valence-electron chi connectivity index (χ0n) is 19.2. The number of rotatable bonds is 8. The molecule has 0 fully saturated rings. The van der Waals surface area contributed by atoms with Crippen molar-refractivity contribution in [1.82, 2.24) is 0 Å². The maximum Gasteiger partial charge on any atom is 0.139 e. The van der Waals surface area contributed by atoms with E-state index in [1.807, 2.05) is 6.92 Å². The van der Waals surface area contributed by atoms with Crippen LogP contribution < -0.4 is 10.5 Å². The average Bonchev–Trinajstić information content (AvgIpc) is 2.65. The van der Waals surface area contributed by atoms with Crippen molar-refractivity contribution < 1.29 is 9.84 Å². The molecular formula is C26H39NO2. The van der Waals surface area contributed by atoms with Crippen LogP contribution in [-0.4, -0.2) is 10.7 Å². The highest BCUT2D eigenvalue weighted by atomic mass is 16.5. The molecule has 0 spiro atoms. The van der Waals surface area contributed by atoms with Crippen LogP contribution in [-0.2, 0) is 6.42 Å². The average molecular weight is 398 g/mol. The van der Waals surface area contributed by atoms with Gasteiger partial charge in [0.25, 0.3) is 0 Å². The zero-order valence-corrected chi connectivity index (χ0v) is 19.2. The second kappa shape index (κ2) is 10.0. The van der Waals surface area contributed by atoms with Crippen molar-refractivity contribution in [1.29, 1.82) is 0 Å². The Bertz CT molecular complexity index is 812. The minimum atomic E-state index is -0.224. The third kappa shape index (κ3) is 6.69. The van der Waals surface area contributed by atoms with E-state index >= 15 is 0 Å². The monoisotopic (exact) mass is 397 g/mol. The van der Waals surface area contributed by atoms with Crippen molar-refractivity contribution >= 4 is 5.69 Å². The first-order valence-corrected chi connectivity index (χ1v) is 10.9. The summed E-state index contributed by atoms with van der Waals surface area (Å²) in [5.74, 6) is 1.02. The maximum atomic E-state index is 9.96. The summed E-state index contributed by atoms with van der Waals surface area (Å²) in [6.07, 6.45) is 14.2. The predicted molar refractivity (Wildman–Crippen MR) is 125 cm³/mol. The van der Waals surface area contributed by atoms with Crippen molar-refractivity contribution in [2.45, 2.75) is 92.1 Å². The van der Waals surface area contributed by atoms with E-state index in [1.54, 1.807) is 6.07 Å². The van der Waals surface area contributed by atoms with Gasteiger partial charge in [-0.15, -0.1) is 0 Å². The van der Waals surface area contributed by atoms with Gasteiger partial charge in [-0.3, -0.25) is 0 Å². The van der Waals surface area contributed by atoms with Crippen LogP contribution in [0.3, 0.4) is 0 Å². The number of phenols is 1. The SMILES string of the molecule is CC(C)=CCC/C(C)=C/CC/C(C)=C/CC1(C)CCc2cc(O)c(N)c(C)c2O1. The molecule has 29 heavy (non-hydrogen) atoms. The molecular weight excluding hydrogens is 358 g/mol. The summed E-state index contributed by atoms with van der Waals surface area (Å²) >= 11 is 0. The topological polar surface area (TPSA) is 55.5 Å². The molecule has 1 unspecified atom stereocenters. The fourth-order valence-corrected chi connectivity index (χ4v) is 3.76. The first kappa shape index (κ1) is 23.1. The number of nitrogens with two attached hydrogens (primary N) is 1. The fraction of sp³-hybridized carbons (Fsp3) is 0.538. The number of allylic oxidation sites excluding steroid dienone is 5. The third-order valence-corrected chi connectivity index (χ3v) is 5.90. The van der Waals surface area contributed by atoms with E-state index in [2.05, 4.69) is 52.8 Å². The molecule has 1 aromatic carbocycles. The van der Waals surface area contributed by atoms with Crippen LogP contribution in [0.1, 0.15) is 84.3 Å². The summed E-state index contributed by atoms with van der Waals surface area (Å²) in [5.41, 5.74) is 12.4. The van der Waals surface area contributed by atoms with Crippen LogP contribution in [0, 0.1) is 6.92 Å². The number of nitrogen functional groups attached to an aromatic ring is 1. The number of aromatic hydroxyl groups is 1. The largest absolute Gasteiger partial charge is 0.506 e. The van der Waals surface area contributed by atoms with Crippen LogP contribution >= 0.6 is 0 Å². The molecule has 1 aromatic rings. The van der Waals surface area contributed by atoms with E-state index in [1.165, 1.54) is 16.7 Å². The van der Waals surface area contributed by atoms with Gasteiger partial charge in [0, 0.05) is 12.0 Å². The molecule has 0 saturated heterocycles. The van der Waals surface area contributed by atoms with E-state index in [-0.39, 0.29) is 11.4 Å². The molecule has 0 aliphatic carbocycles. The molecule has 3 N–H and O–H groups in total. The highest BCUT2D eigenvalue weighted by Gasteiger charge is 2.32. The lowest BCUT2D eigenvalue weighted by molar-refractivity contribution is 0.0669. The molecule has 3 nitrogen and oxygen atoms in total. The Hall–Kier alpha value is -2.16. The van der Waals surface area contributed by atoms with E-state index < -0.39 is 0 Å². The highest BCUT2D eigenvalue weighted by Crippen LogP contribution is 2.43. The predicted octanol–water partition coefficient (Wildman–Crippen LogP) is 7.18. The Morgan fingerprint density at radius 3 is 2.38 bits per heavy atom. The molecule has 1 aliphatic heterocycles. The Balaban J connectivity index is 1.90. The van der Waals surface area contributed by atoms with Crippen molar-refractivity contribution in [3.8, 4) is 11.5 Å². The van der Waals surface area contributed by atoms with Gasteiger partial charge >= 0.3 is 0 Å². The van der Waals surface area contributed by atoms with E-state index in [9.17, 15) is 5.11 Å². The zero-order chi connectivity index (χ0) is 21.6. The van der Waals surface area contributed by atoms with Crippen molar-refractivity contribution in [2.24, 2.45) is 0 Å². The van der Waals surface area contributed by atoms with Crippen molar-refractivity contribution in [3.63, 3.8) is 0 Å². The molecule has 1 aliphatic rings. The summed E-state index contributed by atoms with van der Waals surface area (Å²) in [6.45, 7) is 12.9. The Morgan fingerprint density at radius 1 is 1.10 bits per heavy atom. The minimum absolute atomic E-state index is 0.161. The van der Waals surface area contributed by atoms with Crippen LogP contribution in [0.4, 0.5) is 5.69 Å². The molecule has 160 valence electrons. The van der Waals surface area contributed by atoms with Gasteiger partial charge in [-0.1, -0.05) is 34.9 Å². The highest BCUT2D eigenvalue weighted by molar-refractivity contribution is 5.65. The normalized spacial score (nSPS) is 19.5. The molecule has 0 radical (unpaired) electrons. The first-order chi connectivity index (χ1) is 13.6. The van der Waals surface area contributed by atoms with Gasteiger partial charge in [0.15, 0.2) is 0 Å². The van der Waals surface area contributed by atoms with Gasteiger partial charge < -0.3 is 15.6 Å². The maximum absolute atomic E-state index is 9.96. The van der Waals surface area contributed by atoms with Crippen LogP contribution in [0.2, 0.25) is 0 Å². The van der Waals surface area contributed by atoms with Gasteiger partial charge in [-0.25, -0.2) is 0 Å². The number of fused-ring (bicyclic) bond motifs is 1. The summed E-state index contributed by atoms with van der Waals surface area (Å²) in [6, 6.07) is 1.75. The standard InChI is InChI=1S/C26H39NO2/c1-18(2)9-7-10-19(3)11-8-12-20(4)13-15-26(6)16-14-22-17-23(28)24(27)21(5)25(22)29-26/h9,11,13,17,28H,7-8,10,12,14-16,27H2,1-6H3/b19-11+,20-13+. The fourth-order valence-electron chi connectivity index (χ4n) is 3.76. The summed E-state index contributed by atoms with van der Waals surface area (Å²) in [7, 11) is 0. The van der Waals surface area contributed by atoms with Gasteiger partial charge in [-0.2, -0.15) is 0 Å². The van der Waals surface area contributed by atoms with Gasteiger partial charge in [0.2, 0.25) is 0 Å². The van der Waals surface area contributed by atoms with E-state index in [4.69, 9.17) is 10.5 Å². The van der Waals surface area contributed by atoms with Gasteiger partial charge in [0.05, 0.1) is 5.69 Å². The Morgan fingerprint density at radius 2 is 1.72 bits per heavy atom. The number of anilines is 1. The second-order valence-electron chi connectivity index (χ2n) is 9.14. The lowest BCUT2D eigenvalue weighted by atomic mass is 9.87. The molecule has 0 amide bonds. The number of phenolic OH excluding ortho intramolecular Hbond substituents is 1. The Labute approximate surface area is 177 Å². The quantitative estimate of drug-likeness (QED) is 0.277. The molecule has 0 saturated carbocycles. The lowest BCUT2D eigenvalue weighted by Gasteiger charge is -2.36. The number of aryl methyl sites for hydroxylation is 1. The van der Waals surface area contributed by atoms with Gasteiger partial charge in [-0.05, 0) is 91.7 Å². The van der Waals surface area contributed by atoms with E-state index in [0.29, 0.717) is 5.69 Å². The van der Waals surface area contributed by atoms with Crippen molar-refractivity contribution in [3.05, 3.63) is 52.1 Å². The number of benzene rings is 1. The van der Waals surface area contributed by atoms with Crippen molar-refractivity contribution in [2.75, 3.05) is 5.73 Å². The lowest BCUT2D eigenvalue weighted by Crippen LogP contribution is -2.36. The van der Waals surface area contributed by atoms with Crippen LogP contribution in [0.25, 0.3) is 0 Å². The third-order valence-electron chi connectivity index (χ3n) is 5.90. The van der Waals surface area contributed by atoms with E-state index in [0.717, 1.165) is 61.8 Å². The van der Waals surface area contributed by atoms with Crippen LogP contribution in [0.15, 0.2) is 41.0 Å². The molecule has 1 atom stereocenters. The number of hydrogen-bond acceptors (Lipinski definition) is 3. The first-order valence-electron chi connectivity index (χ1n) is 10.9. The molecule has 2 rings (SSSR count). The summed E-state index contributed by atoms with van der Waals surface area (Å²) < 4.78 is 6.39. The summed E-state index contributed by atoms with van der Waals surface area (Å²) in [5, 5.41) is 9.96. The minimum Gasteiger partial charge on any atom is -0.506 e. The molecule has 0 aromatic heterocycles. The number of hydrogen-bond donors (Lipinski definition) is 2. The smallest absolute Gasteiger partial charge is 0.139 e. The molecule has 3 heteroatoms. The molecule has 0 bridgehead atoms. The Kier molecular flexibility index (Phi) is 8.01. The molecule has 1 heterocycles. The second-order valence-corrected chi connectivity index (χ2v) is 9.14. The summed E-state index contributed by atoms with van der Waals surface area (Å²) in [4.78, 5) is 0.